The van der Waals surface area contributed by atoms with Crippen LogP contribution in [0, 0.1) is 0 Å². The minimum absolute atomic E-state index is 0.113. The minimum Gasteiger partial charge on any atom is -0.327 e. The van der Waals surface area contributed by atoms with E-state index >= 15 is 0 Å². The molecule has 0 aliphatic rings. The Morgan fingerprint density at radius 3 is 2.70 bits per heavy atom. The number of aromatic nitrogens is 1. The Morgan fingerprint density at radius 1 is 1.30 bits per heavy atom. The smallest absolute Gasteiger partial charge is 0.112 e. The van der Waals surface area contributed by atoms with E-state index in [-0.39, 0.29) is 11.6 Å². The zero-order valence-electron chi connectivity index (χ0n) is 12.2. The normalized spacial score (nSPS) is 13.3. The van der Waals surface area contributed by atoms with Crippen LogP contribution in [0.15, 0.2) is 41.9 Å². The average molecular weight is 289 g/mol. The third-order valence-electron chi connectivity index (χ3n) is 3.42. The van der Waals surface area contributed by atoms with Crippen molar-refractivity contribution in [3.63, 3.8) is 0 Å². The molecule has 0 amide bonds. The molecule has 0 fully saturated rings. The van der Waals surface area contributed by atoms with E-state index < -0.39 is 0 Å². The Hall–Kier alpha value is -1.23. The summed E-state index contributed by atoms with van der Waals surface area (Å²) in [6.07, 6.45) is 3.87. The lowest BCUT2D eigenvalue weighted by atomic mass is 10.0. The van der Waals surface area contributed by atoms with Crippen LogP contribution in [-0.4, -0.2) is 17.6 Å². The molecule has 3 nitrogen and oxygen atoms in total. The summed E-state index contributed by atoms with van der Waals surface area (Å²) in [5, 5.41) is 6.63. The fraction of sp³-hybridized carbons (Fsp3) is 0.438. The molecular weight excluding hydrogens is 266 g/mol. The van der Waals surface area contributed by atoms with Crippen LogP contribution in [0.1, 0.15) is 30.8 Å². The number of rotatable bonds is 7. The first-order chi connectivity index (χ1) is 9.58. The zero-order chi connectivity index (χ0) is 14.4. The Labute approximate surface area is 125 Å². The Kier molecular flexibility index (Phi) is 5.29. The molecule has 2 aromatic rings. The van der Waals surface area contributed by atoms with E-state index in [4.69, 9.17) is 5.73 Å². The maximum Gasteiger partial charge on any atom is 0.112 e. The maximum atomic E-state index is 6.20. The molecule has 2 rings (SSSR count). The molecule has 1 aromatic carbocycles. The first-order valence-electron chi connectivity index (χ1n) is 7.02. The third-order valence-corrected chi connectivity index (χ3v) is 4.52. The van der Waals surface area contributed by atoms with Crippen LogP contribution in [0.25, 0.3) is 0 Å². The summed E-state index contributed by atoms with van der Waals surface area (Å²) in [7, 11) is 0. The van der Waals surface area contributed by atoms with Crippen LogP contribution in [0.5, 0.6) is 0 Å². The van der Waals surface area contributed by atoms with E-state index in [0.29, 0.717) is 0 Å². The van der Waals surface area contributed by atoms with Crippen molar-refractivity contribution in [2.24, 2.45) is 5.73 Å². The van der Waals surface area contributed by atoms with E-state index in [2.05, 4.69) is 48.4 Å². The van der Waals surface area contributed by atoms with Gasteiger partial charge in [0.2, 0.25) is 0 Å². The van der Waals surface area contributed by atoms with E-state index in [1.54, 1.807) is 11.3 Å². The number of aryl methyl sites for hydroxylation is 1. The van der Waals surface area contributed by atoms with Crippen molar-refractivity contribution in [1.29, 1.82) is 0 Å². The van der Waals surface area contributed by atoms with Crippen molar-refractivity contribution >= 4 is 11.3 Å². The molecule has 1 unspecified atom stereocenters. The summed E-state index contributed by atoms with van der Waals surface area (Å²) < 4.78 is 0. The van der Waals surface area contributed by atoms with Crippen LogP contribution in [0.2, 0.25) is 0 Å². The van der Waals surface area contributed by atoms with Gasteiger partial charge < -0.3 is 11.1 Å². The SMILES string of the molecule is CC(C)(NCC(N)CCc1ccccc1)c1nccs1. The highest BCUT2D eigenvalue weighted by Gasteiger charge is 2.23. The highest BCUT2D eigenvalue weighted by molar-refractivity contribution is 7.09. The highest BCUT2D eigenvalue weighted by Crippen LogP contribution is 2.21. The van der Waals surface area contributed by atoms with Crippen molar-refractivity contribution in [3.8, 4) is 0 Å². The lowest BCUT2D eigenvalue weighted by Gasteiger charge is -2.26. The lowest BCUT2D eigenvalue weighted by molar-refractivity contribution is 0.378. The van der Waals surface area contributed by atoms with Gasteiger partial charge in [0.05, 0.1) is 5.54 Å². The molecule has 0 saturated carbocycles. The molecular formula is C16H23N3S. The molecule has 0 spiro atoms. The van der Waals surface area contributed by atoms with Gasteiger partial charge in [-0.25, -0.2) is 4.98 Å². The first-order valence-corrected chi connectivity index (χ1v) is 7.90. The summed E-state index contributed by atoms with van der Waals surface area (Å²) in [5.41, 5.74) is 7.44. The molecule has 20 heavy (non-hydrogen) atoms. The second-order valence-corrected chi connectivity index (χ2v) is 6.52. The predicted molar refractivity (Wildman–Crippen MR) is 85.9 cm³/mol. The average Bonchev–Trinajstić information content (AvgIpc) is 2.99. The lowest BCUT2D eigenvalue weighted by Crippen LogP contribution is -2.44. The first kappa shape index (κ1) is 15.2. The van der Waals surface area contributed by atoms with Gasteiger partial charge in [-0.3, -0.25) is 0 Å². The quantitative estimate of drug-likeness (QED) is 0.824. The van der Waals surface area contributed by atoms with E-state index in [1.807, 2.05) is 17.6 Å². The molecule has 4 heteroatoms. The fourth-order valence-electron chi connectivity index (χ4n) is 2.09. The molecule has 0 saturated heterocycles. The largest absolute Gasteiger partial charge is 0.327 e. The predicted octanol–water partition coefficient (Wildman–Crippen LogP) is 2.93. The van der Waals surface area contributed by atoms with Gasteiger partial charge in [0, 0.05) is 24.2 Å². The van der Waals surface area contributed by atoms with Crippen molar-refractivity contribution in [2.75, 3.05) is 6.54 Å². The number of hydrogen-bond acceptors (Lipinski definition) is 4. The summed E-state index contributed by atoms with van der Waals surface area (Å²) in [6, 6.07) is 10.7. The van der Waals surface area contributed by atoms with Gasteiger partial charge in [0.25, 0.3) is 0 Å². The van der Waals surface area contributed by atoms with Crippen molar-refractivity contribution in [2.45, 2.75) is 38.3 Å². The zero-order valence-corrected chi connectivity index (χ0v) is 13.0. The second kappa shape index (κ2) is 6.97. The fourth-order valence-corrected chi connectivity index (χ4v) is 2.83. The van der Waals surface area contributed by atoms with Gasteiger partial charge in [0.1, 0.15) is 5.01 Å². The molecule has 1 heterocycles. The third kappa shape index (κ3) is 4.40. The number of nitrogens with zero attached hydrogens (tertiary/aromatic N) is 1. The number of thiazole rings is 1. The Balaban J connectivity index is 1.76. The number of nitrogens with two attached hydrogens (primary N) is 1. The molecule has 0 aliphatic carbocycles. The van der Waals surface area contributed by atoms with Crippen LogP contribution in [0.3, 0.4) is 0 Å². The van der Waals surface area contributed by atoms with Gasteiger partial charge in [-0.15, -0.1) is 11.3 Å². The monoisotopic (exact) mass is 289 g/mol. The van der Waals surface area contributed by atoms with E-state index in [0.717, 1.165) is 24.4 Å². The molecule has 0 bridgehead atoms. The maximum absolute atomic E-state index is 6.20. The van der Waals surface area contributed by atoms with Gasteiger partial charge in [-0.1, -0.05) is 30.3 Å². The second-order valence-electron chi connectivity index (χ2n) is 5.63. The number of nitrogens with one attached hydrogen (secondary N) is 1. The summed E-state index contributed by atoms with van der Waals surface area (Å²) >= 11 is 1.68. The van der Waals surface area contributed by atoms with Crippen LogP contribution in [-0.2, 0) is 12.0 Å². The molecule has 1 atom stereocenters. The van der Waals surface area contributed by atoms with Gasteiger partial charge >= 0.3 is 0 Å². The standard InChI is InChI=1S/C16H23N3S/c1-16(2,15-18-10-11-20-15)19-12-14(17)9-8-13-6-4-3-5-7-13/h3-7,10-11,14,19H,8-9,12,17H2,1-2H3. The van der Waals surface area contributed by atoms with Crippen LogP contribution in [0.4, 0.5) is 0 Å². The number of benzene rings is 1. The highest BCUT2D eigenvalue weighted by atomic mass is 32.1. The molecule has 0 radical (unpaired) electrons. The molecule has 1 aromatic heterocycles. The van der Waals surface area contributed by atoms with Gasteiger partial charge in [0.15, 0.2) is 0 Å². The summed E-state index contributed by atoms with van der Waals surface area (Å²) in [6.45, 7) is 5.10. The Bertz CT molecular complexity index is 494. The number of hydrogen-bond donors (Lipinski definition) is 2. The van der Waals surface area contributed by atoms with Crippen LogP contribution < -0.4 is 11.1 Å². The molecule has 0 aliphatic heterocycles. The van der Waals surface area contributed by atoms with Crippen molar-refractivity contribution < 1.29 is 0 Å². The minimum atomic E-state index is -0.113. The molecule has 108 valence electrons. The topological polar surface area (TPSA) is 50.9 Å². The van der Waals surface area contributed by atoms with Crippen LogP contribution >= 0.6 is 11.3 Å². The summed E-state index contributed by atoms with van der Waals surface area (Å²) in [5.74, 6) is 0. The summed E-state index contributed by atoms with van der Waals surface area (Å²) in [4.78, 5) is 4.37. The Morgan fingerprint density at radius 2 is 2.05 bits per heavy atom. The van der Waals surface area contributed by atoms with Gasteiger partial charge in [-0.2, -0.15) is 0 Å². The van der Waals surface area contributed by atoms with Crippen molar-refractivity contribution in [1.82, 2.24) is 10.3 Å². The van der Waals surface area contributed by atoms with E-state index in [1.165, 1.54) is 5.56 Å². The van der Waals surface area contributed by atoms with E-state index in [9.17, 15) is 0 Å². The van der Waals surface area contributed by atoms with Gasteiger partial charge in [-0.05, 0) is 32.3 Å². The van der Waals surface area contributed by atoms with Crippen molar-refractivity contribution in [3.05, 3.63) is 52.5 Å². The molecule has 3 N–H and O–H groups in total.